The Kier molecular flexibility index (Phi) is 8.73. The minimum Gasteiger partial charge on any atom is -0.545 e. The molecule has 0 aliphatic heterocycles. The summed E-state index contributed by atoms with van der Waals surface area (Å²) in [5.74, 6) is -2.76. The summed E-state index contributed by atoms with van der Waals surface area (Å²) in [6.07, 6.45) is 0. The van der Waals surface area contributed by atoms with Gasteiger partial charge in [0.05, 0.1) is 11.9 Å². The van der Waals surface area contributed by atoms with Crippen molar-refractivity contribution in [2.24, 2.45) is 0 Å². The van der Waals surface area contributed by atoms with Gasteiger partial charge in [0.2, 0.25) is 0 Å². The molecule has 0 saturated carbocycles. The number of hydrogen-bond acceptors (Lipinski definition) is 4. The van der Waals surface area contributed by atoms with Gasteiger partial charge in [0.1, 0.15) is 0 Å². The molecule has 0 aromatic heterocycles. The number of carboxylic acid groups (broad SMARTS) is 2. The van der Waals surface area contributed by atoms with E-state index in [9.17, 15) is 19.8 Å². The summed E-state index contributed by atoms with van der Waals surface area (Å²) in [7, 11) is 0. The maximum atomic E-state index is 10.9. The molecule has 1 aromatic carbocycles. The van der Waals surface area contributed by atoms with Crippen molar-refractivity contribution in [1.82, 2.24) is 0 Å². The molecule has 0 unspecified atom stereocenters. The second-order valence-electron chi connectivity index (χ2n) is 4.55. The second-order valence-corrected chi connectivity index (χ2v) is 4.55. The standard InChI is InChI=1S/C12H14O4.2Na/c1-12(2,3)9-7(10(13)14)5-4-6-8(9)11(15)16;;/h4-6H,1-3H3,(H,13,14)(H,15,16);;/q;2*+1/p-2. The van der Waals surface area contributed by atoms with Crippen molar-refractivity contribution in [3.8, 4) is 0 Å². The molecule has 0 saturated heterocycles. The first-order valence-corrected chi connectivity index (χ1v) is 4.81. The first-order valence-electron chi connectivity index (χ1n) is 4.81. The summed E-state index contributed by atoms with van der Waals surface area (Å²) in [6.45, 7) is 5.21. The summed E-state index contributed by atoms with van der Waals surface area (Å²) in [6, 6.07) is 4.04. The van der Waals surface area contributed by atoms with E-state index in [2.05, 4.69) is 0 Å². The first kappa shape index (κ1) is 20.5. The molecule has 0 spiro atoms. The van der Waals surface area contributed by atoms with Crippen molar-refractivity contribution >= 4 is 11.9 Å². The van der Waals surface area contributed by atoms with E-state index in [0.717, 1.165) is 0 Å². The van der Waals surface area contributed by atoms with Crippen LogP contribution >= 0.6 is 0 Å². The Labute approximate surface area is 150 Å². The van der Waals surface area contributed by atoms with Gasteiger partial charge < -0.3 is 19.8 Å². The van der Waals surface area contributed by atoms with E-state index >= 15 is 0 Å². The largest absolute Gasteiger partial charge is 1.00 e. The fourth-order valence-corrected chi connectivity index (χ4v) is 1.70. The Hall–Kier alpha value is 0.160. The Morgan fingerprint density at radius 1 is 0.944 bits per heavy atom. The fourth-order valence-electron chi connectivity index (χ4n) is 1.70. The predicted molar refractivity (Wildman–Crippen MR) is 53.8 cm³/mol. The van der Waals surface area contributed by atoms with E-state index in [4.69, 9.17) is 0 Å². The fraction of sp³-hybridized carbons (Fsp3) is 0.333. The van der Waals surface area contributed by atoms with Gasteiger partial charge >= 0.3 is 59.1 Å². The average molecular weight is 266 g/mol. The predicted octanol–water partition coefficient (Wildman–Crippen LogP) is -6.28. The molecule has 1 rings (SSSR count). The smallest absolute Gasteiger partial charge is 0.545 e. The SMILES string of the molecule is CC(C)(C)c1c(C(=O)[O-])cccc1C(=O)[O-].[Na+].[Na+]. The topological polar surface area (TPSA) is 80.3 Å². The Balaban J connectivity index is 0. The first-order chi connectivity index (χ1) is 7.25. The van der Waals surface area contributed by atoms with Crippen LogP contribution in [-0.4, -0.2) is 11.9 Å². The van der Waals surface area contributed by atoms with Crippen molar-refractivity contribution in [2.75, 3.05) is 0 Å². The third kappa shape index (κ3) is 4.68. The maximum absolute atomic E-state index is 10.9. The van der Waals surface area contributed by atoms with Gasteiger partial charge in [-0.15, -0.1) is 0 Å². The molecule has 0 aliphatic carbocycles. The molecule has 86 valence electrons. The van der Waals surface area contributed by atoms with Crippen LogP contribution in [0.4, 0.5) is 0 Å². The second kappa shape index (κ2) is 7.68. The molecule has 6 heteroatoms. The van der Waals surface area contributed by atoms with Gasteiger partial charge in [-0.3, -0.25) is 0 Å². The van der Waals surface area contributed by atoms with Gasteiger partial charge in [0.15, 0.2) is 0 Å². The Bertz CT molecular complexity index is 418. The van der Waals surface area contributed by atoms with Gasteiger partial charge in [0, 0.05) is 11.1 Å². The number of carboxylic acids is 2. The van der Waals surface area contributed by atoms with Crippen LogP contribution in [0.15, 0.2) is 18.2 Å². The number of carbonyl (C=O) groups is 2. The Morgan fingerprint density at radius 3 is 1.50 bits per heavy atom. The quantitative estimate of drug-likeness (QED) is 0.499. The zero-order valence-electron chi connectivity index (χ0n) is 11.4. The summed E-state index contributed by atoms with van der Waals surface area (Å²) in [5.41, 5.74) is -0.579. The van der Waals surface area contributed by atoms with Gasteiger partial charge in [-0.05, 0) is 11.0 Å². The van der Waals surface area contributed by atoms with Crippen molar-refractivity contribution in [2.45, 2.75) is 26.2 Å². The van der Waals surface area contributed by atoms with Gasteiger partial charge in [-0.25, -0.2) is 0 Å². The van der Waals surface area contributed by atoms with E-state index in [1.165, 1.54) is 18.2 Å². The van der Waals surface area contributed by atoms with Crippen LogP contribution in [0.3, 0.4) is 0 Å². The number of carbonyl (C=O) groups excluding carboxylic acids is 2. The third-order valence-electron chi connectivity index (χ3n) is 2.25. The molecule has 18 heavy (non-hydrogen) atoms. The minimum absolute atomic E-state index is 0. The summed E-state index contributed by atoms with van der Waals surface area (Å²) >= 11 is 0. The molecule has 0 bridgehead atoms. The molecule has 0 atom stereocenters. The van der Waals surface area contributed by atoms with E-state index in [-0.39, 0.29) is 75.8 Å². The molecular formula is C12H12Na2O4. The zero-order chi connectivity index (χ0) is 12.5. The molecule has 1 aromatic rings. The molecule has 0 aliphatic rings. The average Bonchev–Trinajstić information content (AvgIpc) is 2.15. The monoisotopic (exact) mass is 266 g/mol. The minimum atomic E-state index is -1.38. The Morgan fingerprint density at radius 2 is 1.28 bits per heavy atom. The number of hydrogen-bond donors (Lipinski definition) is 0. The van der Waals surface area contributed by atoms with Gasteiger partial charge in [0.25, 0.3) is 0 Å². The van der Waals surface area contributed by atoms with E-state index in [1.54, 1.807) is 20.8 Å². The van der Waals surface area contributed by atoms with Crippen molar-refractivity contribution in [1.29, 1.82) is 0 Å². The van der Waals surface area contributed by atoms with E-state index in [1.807, 2.05) is 0 Å². The van der Waals surface area contributed by atoms with Crippen molar-refractivity contribution in [3.63, 3.8) is 0 Å². The van der Waals surface area contributed by atoms with Crippen LogP contribution < -0.4 is 69.3 Å². The number of benzene rings is 1. The number of rotatable bonds is 2. The van der Waals surface area contributed by atoms with Crippen LogP contribution in [-0.2, 0) is 5.41 Å². The molecule has 0 fully saturated rings. The number of aromatic carboxylic acids is 2. The van der Waals surface area contributed by atoms with Crippen LogP contribution in [0.25, 0.3) is 0 Å². The summed E-state index contributed by atoms with van der Waals surface area (Å²) in [4.78, 5) is 21.8. The molecule has 4 nitrogen and oxygen atoms in total. The zero-order valence-corrected chi connectivity index (χ0v) is 15.4. The van der Waals surface area contributed by atoms with Crippen LogP contribution in [0.5, 0.6) is 0 Å². The van der Waals surface area contributed by atoms with E-state index in [0.29, 0.717) is 0 Å². The van der Waals surface area contributed by atoms with Gasteiger partial charge in [-0.2, -0.15) is 0 Å². The molecular weight excluding hydrogens is 254 g/mol. The normalized spacial score (nSPS) is 9.94. The van der Waals surface area contributed by atoms with Crippen LogP contribution in [0, 0.1) is 0 Å². The van der Waals surface area contributed by atoms with E-state index < -0.39 is 17.4 Å². The van der Waals surface area contributed by atoms with Crippen molar-refractivity contribution in [3.05, 3.63) is 34.9 Å². The molecule has 0 heterocycles. The van der Waals surface area contributed by atoms with Crippen LogP contribution in [0.2, 0.25) is 0 Å². The van der Waals surface area contributed by atoms with Crippen molar-refractivity contribution < 1.29 is 78.9 Å². The summed E-state index contributed by atoms with van der Waals surface area (Å²) in [5, 5.41) is 21.8. The van der Waals surface area contributed by atoms with Gasteiger partial charge in [-0.1, -0.05) is 39.0 Å². The third-order valence-corrected chi connectivity index (χ3v) is 2.25. The summed E-state index contributed by atoms with van der Waals surface area (Å²) < 4.78 is 0. The maximum Gasteiger partial charge on any atom is 1.00 e. The van der Waals surface area contributed by atoms with Crippen LogP contribution in [0.1, 0.15) is 47.1 Å². The molecule has 0 amide bonds. The molecule has 0 radical (unpaired) electrons. The molecule has 0 N–H and O–H groups in total.